The van der Waals surface area contributed by atoms with Crippen LogP contribution in [0.5, 0.6) is 0 Å². The Morgan fingerprint density at radius 1 is 0.737 bits per heavy atom. The van der Waals surface area contributed by atoms with Crippen molar-refractivity contribution in [2.75, 3.05) is 59.5 Å². The van der Waals surface area contributed by atoms with Gasteiger partial charge in [0, 0.05) is 6.61 Å². The summed E-state index contributed by atoms with van der Waals surface area (Å²) >= 11 is 0. The van der Waals surface area contributed by atoms with Gasteiger partial charge in [-0.05, 0) is 6.42 Å². The molecular weight excluding hydrogens is 254 g/mol. The fourth-order valence-electron chi connectivity index (χ4n) is 1.11. The van der Waals surface area contributed by atoms with Gasteiger partial charge < -0.3 is 29.4 Å². The van der Waals surface area contributed by atoms with Crippen molar-refractivity contribution in [3.8, 4) is 0 Å². The van der Waals surface area contributed by atoms with E-state index in [2.05, 4.69) is 11.7 Å². The minimum atomic E-state index is -0.792. The maximum Gasteiger partial charge on any atom is 0.404 e. The van der Waals surface area contributed by atoms with E-state index in [4.69, 9.17) is 24.7 Å². The monoisotopic (exact) mass is 279 g/mol. The molecule has 0 spiro atoms. The van der Waals surface area contributed by atoms with Gasteiger partial charge in [-0.3, -0.25) is 0 Å². The Morgan fingerprint density at radius 2 is 1.11 bits per heavy atom. The van der Waals surface area contributed by atoms with Crippen LogP contribution >= 0.6 is 0 Å². The number of ether oxygens (including phenoxy) is 5. The molecule has 114 valence electrons. The molecule has 0 aromatic heterocycles. The highest BCUT2D eigenvalue weighted by molar-refractivity contribution is 5.64. The molecule has 0 atom stereocenters. The molecule has 2 N–H and O–H groups in total. The minimum absolute atomic E-state index is 0.163. The van der Waals surface area contributed by atoms with Crippen LogP contribution in [0.15, 0.2) is 0 Å². The van der Waals surface area contributed by atoms with E-state index >= 15 is 0 Å². The van der Waals surface area contributed by atoms with Crippen LogP contribution in [0.3, 0.4) is 0 Å². The lowest BCUT2D eigenvalue weighted by molar-refractivity contribution is -0.00615. The number of primary amides is 1. The fourth-order valence-corrected chi connectivity index (χ4v) is 1.11. The molecule has 0 unspecified atom stereocenters. The molecule has 0 aliphatic carbocycles. The zero-order valence-electron chi connectivity index (χ0n) is 11.6. The lowest BCUT2D eigenvalue weighted by Gasteiger charge is -2.07. The fraction of sp³-hybridized carbons (Fsp3) is 0.917. The Hall–Kier alpha value is -0.890. The number of rotatable bonds is 14. The van der Waals surface area contributed by atoms with Gasteiger partial charge >= 0.3 is 6.09 Å². The van der Waals surface area contributed by atoms with Gasteiger partial charge in [-0.2, -0.15) is 0 Å². The van der Waals surface area contributed by atoms with Crippen LogP contribution in [0.4, 0.5) is 4.79 Å². The van der Waals surface area contributed by atoms with E-state index in [0.29, 0.717) is 46.2 Å². The summed E-state index contributed by atoms with van der Waals surface area (Å²) < 4.78 is 25.4. The maximum absolute atomic E-state index is 10.2. The predicted molar refractivity (Wildman–Crippen MR) is 69.1 cm³/mol. The average molecular weight is 279 g/mol. The van der Waals surface area contributed by atoms with Crippen molar-refractivity contribution in [2.24, 2.45) is 5.73 Å². The number of hydrogen-bond acceptors (Lipinski definition) is 6. The van der Waals surface area contributed by atoms with E-state index in [0.717, 1.165) is 13.0 Å². The third kappa shape index (κ3) is 17.1. The van der Waals surface area contributed by atoms with Crippen molar-refractivity contribution in [3.63, 3.8) is 0 Å². The summed E-state index contributed by atoms with van der Waals surface area (Å²) in [5.41, 5.74) is 4.78. The van der Waals surface area contributed by atoms with Crippen LogP contribution in [0.2, 0.25) is 0 Å². The minimum Gasteiger partial charge on any atom is -0.447 e. The molecule has 0 heterocycles. The molecule has 0 saturated heterocycles. The van der Waals surface area contributed by atoms with Crippen LogP contribution in [-0.2, 0) is 23.7 Å². The molecule has 19 heavy (non-hydrogen) atoms. The first-order valence-electron chi connectivity index (χ1n) is 6.50. The molecule has 0 aromatic rings. The van der Waals surface area contributed by atoms with Crippen molar-refractivity contribution < 1.29 is 28.5 Å². The smallest absolute Gasteiger partial charge is 0.404 e. The van der Waals surface area contributed by atoms with Crippen molar-refractivity contribution in [1.82, 2.24) is 0 Å². The summed E-state index contributed by atoms with van der Waals surface area (Å²) in [6.07, 6.45) is 0.230. The van der Waals surface area contributed by atoms with Gasteiger partial charge in [0.2, 0.25) is 0 Å². The van der Waals surface area contributed by atoms with Crippen LogP contribution in [0, 0.1) is 0 Å². The summed E-state index contributed by atoms with van der Waals surface area (Å²) in [5, 5.41) is 0. The highest BCUT2D eigenvalue weighted by atomic mass is 16.6. The van der Waals surface area contributed by atoms with Crippen molar-refractivity contribution in [3.05, 3.63) is 0 Å². The normalized spacial score (nSPS) is 10.6. The lowest BCUT2D eigenvalue weighted by atomic mass is 10.5. The first kappa shape index (κ1) is 18.1. The second kappa shape index (κ2) is 15.2. The van der Waals surface area contributed by atoms with Crippen LogP contribution in [0.1, 0.15) is 13.3 Å². The number of carbonyl (C=O) groups excluding carboxylic acids is 1. The quantitative estimate of drug-likeness (QED) is 0.467. The molecule has 0 aliphatic heterocycles. The molecule has 7 nitrogen and oxygen atoms in total. The largest absolute Gasteiger partial charge is 0.447 e. The standard InChI is InChI=1S/C12H25NO6/c1-2-3-15-4-5-16-6-7-17-8-9-18-10-11-19-12(13)14/h2-11H2,1H3,(H2,13,14). The van der Waals surface area contributed by atoms with Crippen LogP contribution < -0.4 is 5.73 Å². The van der Waals surface area contributed by atoms with E-state index < -0.39 is 6.09 Å². The molecule has 0 saturated carbocycles. The molecule has 0 aromatic carbocycles. The Bertz CT molecular complexity index is 203. The lowest BCUT2D eigenvalue weighted by Crippen LogP contribution is -2.17. The van der Waals surface area contributed by atoms with Crippen molar-refractivity contribution >= 4 is 6.09 Å². The Labute approximate surface area is 114 Å². The highest BCUT2D eigenvalue weighted by Crippen LogP contribution is 1.84. The molecule has 0 bridgehead atoms. The van der Waals surface area contributed by atoms with Gasteiger partial charge in [-0.1, -0.05) is 6.92 Å². The van der Waals surface area contributed by atoms with E-state index in [9.17, 15) is 4.79 Å². The third-order valence-corrected chi connectivity index (χ3v) is 1.94. The number of nitrogens with two attached hydrogens (primary N) is 1. The Morgan fingerprint density at radius 3 is 1.47 bits per heavy atom. The van der Waals surface area contributed by atoms with Crippen molar-refractivity contribution in [1.29, 1.82) is 0 Å². The first-order valence-corrected chi connectivity index (χ1v) is 6.50. The third-order valence-electron chi connectivity index (χ3n) is 1.94. The number of carbonyl (C=O) groups is 1. The summed E-state index contributed by atoms with van der Waals surface area (Å²) in [6, 6.07) is 0. The summed E-state index contributed by atoms with van der Waals surface area (Å²) in [6.45, 7) is 6.52. The van der Waals surface area contributed by atoms with Gasteiger partial charge in [0.25, 0.3) is 0 Å². The van der Waals surface area contributed by atoms with Gasteiger partial charge in [0.1, 0.15) is 6.61 Å². The number of hydrogen-bond donors (Lipinski definition) is 1. The molecule has 0 rings (SSSR count). The van der Waals surface area contributed by atoms with Gasteiger partial charge in [-0.15, -0.1) is 0 Å². The molecule has 0 radical (unpaired) electrons. The molecular formula is C12H25NO6. The molecule has 1 amide bonds. The first-order chi connectivity index (χ1) is 9.27. The number of amides is 1. The van der Waals surface area contributed by atoms with E-state index in [1.807, 2.05) is 0 Å². The van der Waals surface area contributed by atoms with Gasteiger partial charge in [0.15, 0.2) is 0 Å². The van der Waals surface area contributed by atoms with Gasteiger partial charge in [-0.25, -0.2) is 4.79 Å². The zero-order chi connectivity index (χ0) is 14.2. The predicted octanol–water partition coefficient (Wildman–Crippen LogP) is 0.558. The van der Waals surface area contributed by atoms with E-state index in [1.54, 1.807) is 0 Å². The second-order valence-electron chi connectivity index (χ2n) is 3.62. The average Bonchev–Trinajstić information content (AvgIpc) is 2.39. The van der Waals surface area contributed by atoms with Crippen LogP contribution in [0.25, 0.3) is 0 Å². The van der Waals surface area contributed by atoms with E-state index in [1.165, 1.54) is 0 Å². The molecule has 7 heteroatoms. The zero-order valence-corrected chi connectivity index (χ0v) is 11.6. The second-order valence-corrected chi connectivity index (χ2v) is 3.62. The van der Waals surface area contributed by atoms with Gasteiger partial charge in [0.05, 0.1) is 46.2 Å². The SMILES string of the molecule is CCCOCCOCCOCCOCCOC(N)=O. The topological polar surface area (TPSA) is 89.2 Å². The molecule has 0 fully saturated rings. The highest BCUT2D eigenvalue weighted by Gasteiger charge is 1.94. The summed E-state index contributed by atoms with van der Waals surface area (Å²) in [4.78, 5) is 10.2. The Balaban J connectivity index is 2.93. The Kier molecular flexibility index (Phi) is 14.5. The summed E-state index contributed by atoms with van der Waals surface area (Å²) in [7, 11) is 0. The van der Waals surface area contributed by atoms with E-state index in [-0.39, 0.29) is 6.61 Å². The maximum atomic E-state index is 10.2. The summed E-state index contributed by atoms with van der Waals surface area (Å²) in [5.74, 6) is 0. The van der Waals surface area contributed by atoms with Crippen molar-refractivity contribution in [2.45, 2.75) is 13.3 Å². The molecule has 0 aliphatic rings. The van der Waals surface area contributed by atoms with Crippen LogP contribution in [-0.4, -0.2) is 65.6 Å².